The summed E-state index contributed by atoms with van der Waals surface area (Å²) < 4.78 is 8.81. The summed E-state index contributed by atoms with van der Waals surface area (Å²) in [7, 11) is 3.48. The average Bonchev–Trinajstić information content (AvgIpc) is 3.44. The second-order valence-electron chi connectivity index (χ2n) is 7.89. The van der Waals surface area contributed by atoms with Crippen molar-refractivity contribution >= 4 is 11.6 Å². The van der Waals surface area contributed by atoms with Crippen molar-refractivity contribution < 1.29 is 9.53 Å². The van der Waals surface area contributed by atoms with Gasteiger partial charge in [0.1, 0.15) is 11.4 Å². The van der Waals surface area contributed by atoms with Crippen molar-refractivity contribution in [3.8, 4) is 16.9 Å². The number of fused-ring (bicyclic) bond motifs is 1. The molecule has 0 radical (unpaired) electrons. The van der Waals surface area contributed by atoms with Crippen molar-refractivity contribution in [1.82, 2.24) is 29.3 Å². The molecule has 1 atom stereocenters. The van der Waals surface area contributed by atoms with Crippen LogP contribution in [0.15, 0.2) is 54.9 Å². The van der Waals surface area contributed by atoms with Crippen LogP contribution in [0.4, 0.5) is 0 Å². The molecule has 8 nitrogen and oxygen atoms in total. The van der Waals surface area contributed by atoms with E-state index in [2.05, 4.69) is 5.10 Å². The zero-order valence-corrected chi connectivity index (χ0v) is 17.6. The van der Waals surface area contributed by atoms with Crippen LogP contribution in [-0.2, 0) is 7.05 Å². The van der Waals surface area contributed by atoms with Crippen molar-refractivity contribution in [3.05, 3.63) is 66.4 Å². The largest absolute Gasteiger partial charge is 0.497 e. The third kappa shape index (κ3) is 3.76. The number of ether oxygens (including phenoxy) is 1. The topological polar surface area (TPSA) is 77.5 Å². The number of hydrogen-bond acceptors (Lipinski definition) is 5. The summed E-state index contributed by atoms with van der Waals surface area (Å²) in [6.07, 6.45) is 5.66. The Morgan fingerprint density at radius 1 is 1.13 bits per heavy atom. The molecule has 1 aromatic carbocycles. The zero-order chi connectivity index (χ0) is 21.4. The van der Waals surface area contributed by atoms with E-state index in [4.69, 9.17) is 14.8 Å². The Morgan fingerprint density at radius 3 is 2.84 bits per heavy atom. The number of rotatable bonds is 4. The molecular formula is C23H24N6O2. The van der Waals surface area contributed by atoms with Crippen LogP contribution in [0, 0.1) is 0 Å². The monoisotopic (exact) mass is 416 g/mol. The Bertz CT molecular complexity index is 1240. The van der Waals surface area contributed by atoms with Crippen molar-refractivity contribution in [2.24, 2.45) is 7.05 Å². The molecule has 1 saturated heterocycles. The summed E-state index contributed by atoms with van der Waals surface area (Å²) in [6.45, 7) is 1.34. The first-order valence-electron chi connectivity index (χ1n) is 10.4. The van der Waals surface area contributed by atoms with Gasteiger partial charge >= 0.3 is 0 Å². The van der Waals surface area contributed by atoms with E-state index in [1.165, 1.54) is 0 Å². The zero-order valence-electron chi connectivity index (χ0n) is 17.6. The van der Waals surface area contributed by atoms with Crippen LogP contribution in [0.25, 0.3) is 16.8 Å². The predicted molar refractivity (Wildman–Crippen MR) is 116 cm³/mol. The van der Waals surface area contributed by atoms with E-state index < -0.39 is 0 Å². The van der Waals surface area contributed by atoms with Crippen LogP contribution in [0.2, 0.25) is 0 Å². The highest BCUT2D eigenvalue weighted by molar-refractivity contribution is 5.92. The van der Waals surface area contributed by atoms with Gasteiger partial charge in [0.25, 0.3) is 5.91 Å². The van der Waals surface area contributed by atoms with Crippen molar-refractivity contribution in [1.29, 1.82) is 0 Å². The Morgan fingerprint density at radius 2 is 2.03 bits per heavy atom. The second kappa shape index (κ2) is 7.86. The Balaban J connectivity index is 1.39. The normalized spacial score (nSPS) is 16.6. The maximum Gasteiger partial charge on any atom is 0.274 e. The van der Waals surface area contributed by atoms with Crippen molar-refractivity contribution in [3.63, 3.8) is 0 Å². The number of likely N-dealkylation sites (tertiary alicyclic amines) is 1. The fraction of sp³-hybridized carbons (Fsp3) is 0.304. The number of amides is 1. The molecule has 1 fully saturated rings. The minimum atomic E-state index is -0.0330. The highest BCUT2D eigenvalue weighted by Gasteiger charge is 2.29. The highest BCUT2D eigenvalue weighted by atomic mass is 16.5. The standard InChI is InChI=1S/C23H24N6O2/c1-27-12-10-20(25-27)23(30)28-11-4-6-18(14-28)22-24-21-9-8-17(15-29(21)26-22)16-5-3-7-19(13-16)31-2/h3,5,7-10,12-13,15,18H,4,6,11,14H2,1-2H3/t18-/m1/s1. The number of aromatic nitrogens is 5. The van der Waals surface area contributed by atoms with E-state index in [0.29, 0.717) is 12.2 Å². The van der Waals surface area contributed by atoms with Crippen LogP contribution in [-0.4, -0.2) is 55.4 Å². The third-order valence-electron chi connectivity index (χ3n) is 5.76. The highest BCUT2D eigenvalue weighted by Crippen LogP contribution is 2.28. The lowest BCUT2D eigenvalue weighted by Crippen LogP contribution is -2.39. The quantitative estimate of drug-likeness (QED) is 0.511. The number of piperidine rings is 1. The number of pyridine rings is 1. The molecule has 4 aromatic rings. The predicted octanol–water partition coefficient (Wildman–Crippen LogP) is 3.16. The van der Waals surface area contributed by atoms with Crippen molar-refractivity contribution in [2.45, 2.75) is 18.8 Å². The number of hydrogen-bond donors (Lipinski definition) is 0. The Labute approximate surface area is 180 Å². The Kier molecular flexibility index (Phi) is 4.89. The SMILES string of the molecule is COc1cccc(-c2ccc3nc([C@@H]4CCCN(C(=O)c5ccn(C)n5)C4)nn3c2)c1. The number of carbonyl (C=O) groups excluding carboxylic acids is 1. The first-order valence-corrected chi connectivity index (χ1v) is 10.4. The minimum absolute atomic E-state index is 0.0330. The molecule has 0 bridgehead atoms. The number of benzene rings is 1. The van der Waals surface area contributed by atoms with E-state index in [-0.39, 0.29) is 11.8 Å². The van der Waals surface area contributed by atoms with Gasteiger partial charge in [-0.1, -0.05) is 12.1 Å². The van der Waals surface area contributed by atoms with Gasteiger partial charge in [0.2, 0.25) is 0 Å². The molecule has 0 saturated carbocycles. The van der Waals surface area contributed by atoms with Gasteiger partial charge in [-0.2, -0.15) is 10.2 Å². The molecule has 8 heteroatoms. The van der Waals surface area contributed by atoms with E-state index >= 15 is 0 Å². The molecule has 1 aliphatic rings. The molecule has 0 aliphatic carbocycles. The van der Waals surface area contributed by atoms with Crippen LogP contribution in [0.3, 0.4) is 0 Å². The summed E-state index contributed by atoms with van der Waals surface area (Å²) in [5.74, 6) is 1.68. The van der Waals surface area contributed by atoms with E-state index in [1.54, 1.807) is 24.1 Å². The summed E-state index contributed by atoms with van der Waals surface area (Å²) in [5, 5.41) is 9.00. The first kappa shape index (κ1) is 19.3. The van der Waals surface area contributed by atoms with E-state index in [1.807, 2.05) is 59.1 Å². The summed E-state index contributed by atoms with van der Waals surface area (Å²) in [6, 6.07) is 13.7. The molecule has 0 N–H and O–H groups in total. The molecule has 0 spiro atoms. The maximum atomic E-state index is 12.8. The lowest BCUT2D eigenvalue weighted by atomic mass is 9.97. The summed E-state index contributed by atoms with van der Waals surface area (Å²) >= 11 is 0. The third-order valence-corrected chi connectivity index (χ3v) is 5.76. The van der Waals surface area contributed by atoms with Gasteiger partial charge in [-0.25, -0.2) is 9.50 Å². The van der Waals surface area contributed by atoms with Gasteiger partial charge in [-0.3, -0.25) is 9.48 Å². The van der Waals surface area contributed by atoms with Gasteiger partial charge < -0.3 is 9.64 Å². The number of aryl methyl sites for hydroxylation is 1. The Hall–Kier alpha value is -3.68. The van der Waals surface area contributed by atoms with Gasteiger partial charge in [-0.15, -0.1) is 0 Å². The van der Waals surface area contributed by atoms with Gasteiger partial charge in [0, 0.05) is 44.0 Å². The van der Waals surface area contributed by atoms with Gasteiger partial charge in [0.05, 0.1) is 7.11 Å². The fourth-order valence-electron chi connectivity index (χ4n) is 4.11. The molecule has 1 amide bonds. The molecular weight excluding hydrogens is 392 g/mol. The lowest BCUT2D eigenvalue weighted by molar-refractivity contribution is 0.0698. The van der Waals surface area contributed by atoms with Crippen LogP contribution < -0.4 is 4.74 Å². The number of carbonyl (C=O) groups is 1. The molecule has 5 rings (SSSR count). The van der Waals surface area contributed by atoms with E-state index in [0.717, 1.165) is 47.7 Å². The lowest BCUT2D eigenvalue weighted by Gasteiger charge is -2.30. The molecule has 158 valence electrons. The average molecular weight is 416 g/mol. The summed E-state index contributed by atoms with van der Waals surface area (Å²) in [4.78, 5) is 19.4. The number of methoxy groups -OCH3 is 1. The van der Waals surface area contributed by atoms with Gasteiger partial charge in [0.15, 0.2) is 11.5 Å². The first-order chi connectivity index (χ1) is 15.1. The van der Waals surface area contributed by atoms with E-state index in [9.17, 15) is 4.79 Å². The molecule has 4 heterocycles. The molecule has 3 aromatic heterocycles. The van der Waals surface area contributed by atoms with Gasteiger partial charge in [-0.05, 0) is 48.7 Å². The maximum absolute atomic E-state index is 12.8. The van der Waals surface area contributed by atoms with Crippen molar-refractivity contribution in [2.75, 3.05) is 20.2 Å². The van der Waals surface area contributed by atoms with Crippen LogP contribution >= 0.6 is 0 Å². The minimum Gasteiger partial charge on any atom is -0.497 e. The van der Waals surface area contributed by atoms with Crippen LogP contribution in [0.1, 0.15) is 35.1 Å². The fourth-order valence-corrected chi connectivity index (χ4v) is 4.11. The summed E-state index contributed by atoms with van der Waals surface area (Å²) in [5.41, 5.74) is 3.38. The smallest absolute Gasteiger partial charge is 0.274 e. The molecule has 31 heavy (non-hydrogen) atoms. The number of nitrogens with zero attached hydrogens (tertiary/aromatic N) is 6. The van der Waals surface area contributed by atoms with Crippen LogP contribution in [0.5, 0.6) is 5.75 Å². The second-order valence-corrected chi connectivity index (χ2v) is 7.89. The molecule has 0 unspecified atom stereocenters. The molecule has 1 aliphatic heterocycles.